The number of aromatic amines is 1. The molecule has 1 aliphatic rings. The number of halogens is 6. The van der Waals surface area contributed by atoms with Crippen LogP contribution in [0.25, 0.3) is 0 Å². The van der Waals surface area contributed by atoms with Crippen LogP contribution in [0, 0.1) is 0 Å². The molecule has 16 heteroatoms. The van der Waals surface area contributed by atoms with Crippen molar-refractivity contribution in [3.05, 3.63) is 39.9 Å². The van der Waals surface area contributed by atoms with Gasteiger partial charge in [0.1, 0.15) is 17.5 Å². The predicted molar refractivity (Wildman–Crippen MR) is 105 cm³/mol. The van der Waals surface area contributed by atoms with Gasteiger partial charge in [0.2, 0.25) is 5.95 Å². The van der Waals surface area contributed by atoms with E-state index in [1.54, 1.807) is 10.00 Å². The van der Waals surface area contributed by atoms with Gasteiger partial charge in [0.05, 0.1) is 5.56 Å². The molecule has 0 aliphatic carbocycles. The summed E-state index contributed by atoms with van der Waals surface area (Å²) in [6, 6.07) is 0.523. The molecular formula is C18H19F6N7O3. The number of rotatable bonds is 6. The summed E-state index contributed by atoms with van der Waals surface area (Å²) in [6.45, 7) is 0.657. The van der Waals surface area contributed by atoms with Gasteiger partial charge in [-0.05, 0) is 6.42 Å². The highest BCUT2D eigenvalue weighted by Crippen LogP contribution is 2.29. The quantitative estimate of drug-likeness (QED) is 0.509. The zero-order valence-electron chi connectivity index (χ0n) is 17.3. The summed E-state index contributed by atoms with van der Waals surface area (Å²) >= 11 is 0. The molecule has 2 aromatic rings. The van der Waals surface area contributed by atoms with E-state index in [9.17, 15) is 41.0 Å². The fourth-order valence-electron chi connectivity index (χ4n) is 3.14. The fraction of sp³-hybridized carbons (Fsp3) is 0.500. The van der Waals surface area contributed by atoms with Crippen molar-refractivity contribution in [1.29, 1.82) is 0 Å². The van der Waals surface area contributed by atoms with Gasteiger partial charge in [0.25, 0.3) is 11.5 Å². The van der Waals surface area contributed by atoms with Crippen LogP contribution in [-0.4, -0.2) is 74.9 Å². The lowest BCUT2D eigenvalue weighted by Crippen LogP contribution is -2.52. The molecule has 0 saturated carbocycles. The van der Waals surface area contributed by atoms with Gasteiger partial charge in [0, 0.05) is 51.2 Å². The minimum atomic E-state index is -4.87. The molecule has 2 aromatic heterocycles. The second-order valence-corrected chi connectivity index (χ2v) is 7.31. The van der Waals surface area contributed by atoms with Crippen LogP contribution in [0.4, 0.5) is 38.1 Å². The highest BCUT2D eigenvalue weighted by Gasteiger charge is 2.35. The van der Waals surface area contributed by atoms with Crippen molar-refractivity contribution in [2.75, 3.05) is 42.9 Å². The van der Waals surface area contributed by atoms with Crippen LogP contribution in [0.2, 0.25) is 0 Å². The van der Waals surface area contributed by atoms with Gasteiger partial charge < -0.3 is 20.2 Å². The van der Waals surface area contributed by atoms with E-state index >= 15 is 0 Å². The summed E-state index contributed by atoms with van der Waals surface area (Å²) < 4.78 is 76.2. The monoisotopic (exact) mass is 495 g/mol. The summed E-state index contributed by atoms with van der Waals surface area (Å²) in [7, 11) is 0. The van der Waals surface area contributed by atoms with Gasteiger partial charge in [-0.3, -0.25) is 9.59 Å². The molecule has 1 fully saturated rings. The summed E-state index contributed by atoms with van der Waals surface area (Å²) in [5, 5.41) is 17.8. The van der Waals surface area contributed by atoms with Crippen LogP contribution in [0.5, 0.6) is 0 Å². The predicted octanol–water partition coefficient (Wildman–Crippen LogP) is 1.11. The van der Waals surface area contributed by atoms with E-state index in [0.717, 1.165) is 0 Å². The molecule has 1 atom stereocenters. The second kappa shape index (κ2) is 9.82. The van der Waals surface area contributed by atoms with Gasteiger partial charge in [0.15, 0.2) is 0 Å². The van der Waals surface area contributed by atoms with Gasteiger partial charge in [-0.1, -0.05) is 0 Å². The first-order chi connectivity index (χ1) is 15.9. The Morgan fingerprint density at radius 1 is 1.09 bits per heavy atom. The first kappa shape index (κ1) is 25.2. The number of aliphatic hydroxyl groups excluding tert-OH is 1. The number of carbonyl (C=O) groups excluding carboxylic acids is 1. The molecule has 1 saturated heterocycles. The maximum absolute atomic E-state index is 12.8. The van der Waals surface area contributed by atoms with E-state index < -0.39 is 41.0 Å². The van der Waals surface area contributed by atoms with E-state index in [4.69, 9.17) is 0 Å². The molecule has 3 N–H and O–H groups in total. The lowest BCUT2D eigenvalue weighted by atomic mass is 10.2. The Morgan fingerprint density at radius 3 is 2.26 bits per heavy atom. The Bertz CT molecular complexity index is 1050. The number of nitrogens with zero attached hydrogens (tertiary/aromatic N) is 5. The molecule has 3 heterocycles. The highest BCUT2D eigenvalue weighted by molar-refractivity contribution is 5.81. The van der Waals surface area contributed by atoms with E-state index in [2.05, 4.69) is 20.4 Å². The molecule has 0 aromatic carbocycles. The van der Waals surface area contributed by atoms with Crippen molar-refractivity contribution in [2.45, 2.75) is 24.9 Å². The maximum Gasteiger partial charge on any atom is 0.421 e. The average Bonchev–Trinajstić information content (AvgIpc) is 2.78. The van der Waals surface area contributed by atoms with Crippen LogP contribution >= 0.6 is 0 Å². The van der Waals surface area contributed by atoms with E-state index in [-0.39, 0.29) is 50.9 Å². The van der Waals surface area contributed by atoms with E-state index in [0.29, 0.717) is 18.5 Å². The van der Waals surface area contributed by atoms with Gasteiger partial charge in [-0.15, -0.1) is 0 Å². The van der Waals surface area contributed by atoms with Crippen LogP contribution < -0.4 is 15.8 Å². The molecule has 0 radical (unpaired) electrons. The zero-order valence-corrected chi connectivity index (χ0v) is 17.3. The molecule has 34 heavy (non-hydrogen) atoms. The van der Waals surface area contributed by atoms with Gasteiger partial charge in [-0.2, -0.15) is 31.4 Å². The van der Waals surface area contributed by atoms with Crippen molar-refractivity contribution in [3.8, 4) is 0 Å². The molecule has 1 aliphatic heterocycles. The van der Waals surface area contributed by atoms with Crippen LogP contribution in [-0.2, 0) is 17.1 Å². The fourth-order valence-corrected chi connectivity index (χ4v) is 3.14. The van der Waals surface area contributed by atoms with E-state index in [1.807, 2.05) is 0 Å². The second-order valence-electron chi connectivity index (χ2n) is 7.31. The van der Waals surface area contributed by atoms with Crippen LogP contribution in [0.15, 0.2) is 23.3 Å². The Kier molecular flexibility index (Phi) is 7.28. The number of anilines is 2. The number of hydrogen-bond acceptors (Lipinski definition) is 8. The topological polar surface area (TPSA) is 127 Å². The van der Waals surface area contributed by atoms with Crippen LogP contribution in [0.3, 0.4) is 0 Å². The summed E-state index contributed by atoms with van der Waals surface area (Å²) in [5.41, 5.74) is -3.81. The minimum Gasteiger partial charge on any atom is -0.383 e. The summed E-state index contributed by atoms with van der Waals surface area (Å²) in [6.07, 6.45) is -9.68. The molecule has 1 amide bonds. The highest BCUT2D eigenvalue weighted by atomic mass is 19.4. The standard InChI is InChI=1S/C18H19F6N7O3/c19-17(20,21)10-8-26-16(27-9-10)31-5-3-30(4-6-31)15(34)12(32)1-2-25-13-7-11(18(22,23)24)14(33)29-28-13/h7-9,12,32H,1-6H2,(H,25,28)(H,29,33)/t12-/m1/s1. The van der Waals surface area contributed by atoms with Crippen molar-refractivity contribution in [2.24, 2.45) is 0 Å². The van der Waals surface area contributed by atoms with Crippen molar-refractivity contribution in [3.63, 3.8) is 0 Å². The number of carbonyl (C=O) groups is 1. The molecule has 186 valence electrons. The smallest absolute Gasteiger partial charge is 0.383 e. The van der Waals surface area contributed by atoms with Gasteiger partial charge in [-0.25, -0.2) is 15.1 Å². The Balaban J connectivity index is 1.47. The Labute approximate surface area is 187 Å². The molecule has 10 nitrogen and oxygen atoms in total. The third-order valence-electron chi connectivity index (χ3n) is 4.96. The SMILES string of the molecule is O=C([C@H](O)CCNc1cc(C(F)(F)F)c(=O)[nH]n1)N1CCN(c2ncc(C(F)(F)F)cn2)CC1. The average molecular weight is 495 g/mol. The molecule has 0 bridgehead atoms. The largest absolute Gasteiger partial charge is 0.421 e. The third kappa shape index (κ3) is 6.12. The minimum absolute atomic E-state index is 0.0801. The normalized spacial score (nSPS) is 15.9. The molecule has 0 unspecified atom stereocenters. The first-order valence-corrected chi connectivity index (χ1v) is 9.88. The lowest BCUT2D eigenvalue weighted by molar-refractivity contribution is -0.141. The molecular weight excluding hydrogens is 476 g/mol. The van der Waals surface area contributed by atoms with Gasteiger partial charge >= 0.3 is 12.4 Å². The molecule has 3 rings (SSSR count). The van der Waals surface area contributed by atoms with Crippen molar-refractivity contribution < 1.29 is 36.2 Å². The summed E-state index contributed by atoms with van der Waals surface area (Å²) in [4.78, 5) is 34.0. The third-order valence-corrected chi connectivity index (χ3v) is 4.96. The number of piperazine rings is 1. The zero-order chi connectivity index (χ0) is 25.1. The number of aromatic nitrogens is 4. The first-order valence-electron chi connectivity index (χ1n) is 9.88. The number of aliphatic hydroxyl groups is 1. The number of alkyl halides is 6. The Morgan fingerprint density at radius 2 is 1.71 bits per heavy atom. The number of nitrogens with one attached hydrogen (secondary N) is 2. The lowest BCUT2D eigenvalue weighted by Gasteiger charge is -2.35. The van der Waals surface area contributed by atoms with E-state index in [1.165, 1.54) is 4.90 Å². The number of amides is 1. The van der Waals surface area contributed by atoms with Crippen LogP contribution in [0.1, 0.15) is 17.5 Å². The van der Waals surface area contributed by atoms with Crippen molar-refractivity contribution in [1.82, 2.24) is 25.1 Å². The summed E-state index contributed by atoms with van der Waals surface area (Å²) in [5.74, 6) is -0.812. The Hall–Kier alpha value is -3.43. The number of H-pyrrole nitrogens is 1. The maximum atomic E-state index is 12.8. The molecule has 0 spiro atoms. The van der Waals surface area contributed by atoms with Crippen molar-refractivity contribution >= 4 is 17.7 Å². The number of hydrogen-bond donors (Lipinski definition) is 3.